The molecule has 0 unspecified atom stereocenters. The van der Waals surface area contributed by atoms with E-state index >= 15 is 0 Å². The van der Waals surface area contributed by atoms with E-state index in [1.807, 2.05) is 40.6 Å². The average Bonchev–Trinajstić information content (AvgIpc) is 2.61. The zero-order valence-electron chi connectivity index (χ0n) is 14.1. The fraction of sp³-hybridized carbons (Fsp3) is 0.611. The van der Waals surface area contributed by atoms with Crippen LogP contribution >= 0.6 is 23.5 Å². The largest absolute Gasteiger partial charge is 0.484 e. The molecule has 0 bridgehead atoms. The van der Waals surface area contributed by atoms with Gasteiger partial charge in [-0.15, -0.1) is 23.5 Å². The van der Waals surface area contributed by atoms with E-state index in [2.05, 4.69) is 26.0 Å². The average molecular weight is 354 g/mol. The maximum Gasteiger partial charge on any atom is 0.260 e. The van der Waals surface area contributed by atoms with Crippen LogP contribution in [0.3, 0.4) is 0 Å². The first-order chi connectivity index (χ1) is 11.2. The molecule has 23 heavy (non-hydrogen) atoms. The first kappa shape index (κ1) is 18.5. The summed E-state index contributed by atoms with van der Waals surface area (Å²) in [6, 6.07) is 8.24. The molecule has 0 saturated carbocycles. The Hall–Kier alpha value is -0.810. The Morgan fingerprint density at radius 2 is 1.74 bits per heavy atom. The molecule has 1 aliphatic rings. The number of thioether (sulfide) groups is 2. The van der Waals surface area contributed by atoms with Crippen LogP contribution in [0.15, 0.2) is 24.3 Å². The molecule has 3 nitrogen and oxygen atoms in total. The third-order valence-corrected chi connectivity index (χ3v) is 6.70. The van der Waals surface area contributed by atoms with Crippen LogP contribution in [-0.2, 0) is 4.79 Å². The molecule has 0 aliphatic carbocycles. The van der Waals surface area contributed by atoms with Crippen LogP contribution in [0.2, 0.25) is 0 Å². The highest BCUT2D eigenvalue weighted by Crippen LogP contribution is 2.43. The van der Waals surface area contributed by atoms with Crippen molar-refractivity contribution in [2.75, 3.05) is 31.2 Å². The molecule has 0 atom stereocenters. The highest BCUT2D eigenvalue weighted by atomic mass is 32.2. The third kappa shape index (κ3) is 5.96. The Kier molecular flexibility index (Phi) is 8.17. The van der Waals surface area contributed by atoms with E-state index in [4.69, 9.17) is 4.74 Å². The fourth-order valence-electron chi connectivity index (χ4n) is 2.54. The molecule has 0 aromatic heterocycles. The summed E-state index contributed by atoms with van der Waals surface area (Å²) in [6.07, 6.45) is 3.27. The number of nitrogens with zero attached hydrogens (tertiary/aromatic N) is 1. The molecule has 2 rings (SSSR count). The Morgan fingerprint density at radius 1 is 1.13 bits per heavy atom. The minimum absolute atomic E-state index is 0.0798. The van der Waals surface area contributed by atoms with Crippen LogP contribution in [-0.4, -0.2) is 42.0 Å². The zero-order chi connectivity index (χ0) is 16.5. The quantitative estimate of drug-likeness (QED) is 0.684. The molecular formula is C18H27NO2S2. The van der Waals surface area contributed by atoms with Gasteiger partial charge < -0.3 is 9.64 Å². The predicted molar refractivity (Wildman–Crippen MR) is 101 cm³/mol. The van der Waals surface area contributed by atoms with Gasteiger partial charge in [-0.05, 0) is 48.5 Å². The highest BCUT2D eigenvalue weighted by molar-refractivity contribution is 8.16. The van der Waals surface area contributed by atoms with Gasteiger partial charge in [0.25, 0.3) is 5.91 Å². The van der Waals surface area contributed by atoms with Crippen molar-refractivity contribution in [3.63, 3.8) is 0 Å². The summed E-state index contributed by atoms with van der Waals surface area (Å²) < 4.78 is 6.22. The SMILES string of the molecule is CCCN(CCC)C(=O)COc1ccc(C2SCCCS2)cc1. The number of ether oxygens (including phenoxy) is 1. The molecule has 0 radical (unpaired) electrons. The van der Waals surface area contributed by atoms with Crippen LogP contribution in [0, 0.1) is 0 Å². The minimum atomic E-state index is 0.0798. The second-order valence-electron chi connectivity index (χ2n) is 5.67. The van der Waals surface area contributed by atoms with Crippen molar-refractivity contribution in [3.05, 3.63) is 29.8 Å². The van der Waals surface area contributed by atoms with Gasteiger partial charge in [0, 0.05) is 13.1 Å². The molecule has 1 fully saturated rings. The van der Waals surface area contributed by atoms with Crippen molar-refractivity contribution >= 4 is 29.4 Å². The number of rotatable bonds is 8. The summed E-state index contributed by atoms with van der Waals surface area (Å²) in [7, 11) is 0. The lowest BCUT2D eigenvalue weighted by atomic mass is 10.2. The number of hydrogen-bond donors (Lipinski definition) is 0. The fourth-order valence-corrected chi connectivity index (χ4v) is 5.43. The Bertz CT molecular complexity index is 466. The zero-order valence-corrected chi connectivity index (χ0v) is 15.8. The smallest absolute Gasteiger partial charge is 0.260 e. The van der Waals surface area contributed by atoms with E-state index in [9.17, 15) is 4.79 Å². The monoisotopic (exact) mass is 353 g/mol. The molecule has 1 aliphatic heterocycles. The summed E-state index contributed by atoms with van der Waals surface area (Å²) in [5.74, 6) is 3.35. The van der Waals surface area contributed by atoms with E-state index in [-0.39, 0.29) is 12.5 Å². The van der Waals surface area contributed by atoms with Crippen molar-refractivity contribution in [2.24, 2.45) is 0 Å². The van der Waals surface area contributed by atoms with Gasteiger partial charge >= 0.3 is 0 Å². The third-order valence-electron chi connectivity index (χ3n) is 3.68. The lowest BCUT2D eigenvalue weighted by Crippen LogP contribution is -2.36. The number of amides is 1. The molecule has 1 heterocycles. The van der Waals surface area contributed by atoms with E-state index in [0.29, 0.717) is 4.58 Å². The van der Waals surface area contributed by atoms with E-state index < -0.39 is 0 Å². The highest BCUT2D eigenvalue weighted by Gasteiger charge is 2.17. The number of carbonyl (C=O) groups is 1. The molecule has 5 heteroatoms. The predicted octanol–water partition coefficient (Wildman–Crippen LogP) is 4.58. The molecular weight excluding hydrogens is 326 g/mol. The summed E-state index contributed by atoms with van der Waals surface area (Å²) in [5.41, 5.74) is 1.34. The maximum atomic E-state index is 12.2. The maximum absolute atomic E-state index is 12.2. The molecule has 0 spiro atoms. The lowest BCUT2D eigenvalue weighted by Gasteiger charge is -2.22. The van der Waals surface area contributed by atoms with Gasteiger partial charge in [-0.2, -0.15) is 0 Å². The Labute approximate surface area is 148 Å². The Morgan fingerprint density at radius 3 is 2.30 bits per heavy atom. The van der Waals surface area contributed by atoms with E-state index in [1.165, 1.54) is 23.5 Å². The minimum Gasteiger partial charge on any atom is -0.484 e. The first-order valence-electron chi connectivity index (χ1n) is 8.48. The van der Waals surface area contributed by atoms with Crippen molar-refractivity contribution in [3.8, 4) is 5.75 Å². The summed E-state index contributed by atoms with van der Waals surface area (Å²) in [6.45, 7) is 5.94. The summed E-state index contributed by atoms with van der Waals surface area (Å²) in [5, 5.41) is 0. The van der Waals surface area contributed by atoms with E-state index in [1.54, 1.807) is 0 Å². The summed E-state index contributed by atoms with van der Waals surface area (Å²) in [4.78, 5) is 14.1. The standard InChI is InChI=1S/C18H27NO2S2/c1-3-10-19(11-4-2)17(20)14-21-16-8-6-15(7-9-16)18-22-12-5-13-23-18/h6-9,18H,3-5,10-14H2,1-2H3. The van der Waals surface area contributed by atoms with E-state index in [0.717, 1.165) is 31.7 Å². The number of benzene rings is 1. The van der Waals surface area contributed by atoms with Gasteiger partial charge in [0.1, 0.15) is 5.75 Å². The number of carbonyl (C=O) groups excluding carboxylic acids is 1. The Balaban J connectivity index is 1.84. The van der Waals surface area contributed by atoms with Gasteiger partial charge in [0.2, 0.25) is 0 Å². The van der Waals surface area contributed by atoms with Crippen molar-refractivity contribution in [1.82, 2.24) is 4.90 Å². The molecule has 0 N–H and O–H groups in total. The number of hydrogen-bond acceptors (Lipinski definition) is 4. The van der Waals surface area contributed by atoms with Crippen LogP contribution < -0.4 is 4.74 Å². The topological polar surface area (TPSA) is 29.5 Å². The lowest BCUT2D eigenvalue weighted by molar-refractivity contribution is -0.133. The van der Waals surface area contributed by atoms with Crippen LogP contribution in [0.4, 0.5) is 0 Å². The van der Waals surface area contributed by atoms with Gasteiger partial charge in [0.05, 0.1) is 4.58 Å². The van der Waals surface area contributed by atoms with Gasteiger partial charge in [-0.3, -0.25) is 4.79 Å². The van der Waals surface area contributed by atoms with Crippen molar-refractivity contribution in [2.45, 2.75) is 37.7 Å². The van der Waals surface area contributed by atoms with Gasteiger partial charge in [-0.1, -0.05) is 26.0 Å². The van der Waals surface area contributed by atoms with Gasteiger partial charge in [-0.25, -0.2) is 0 Å². The van der Waals surface area contributed by atoms with Crippen molar-refractivity contribution < 1.29 is 9.53 Å². The summed E-state index contributed by atoms with van der Waals surface area (Å²) >= 11 is 4.03. The van der Waals surface area contributed by atoms with Crippen LogP contribution in [0.25, 0.3) is 0 Å². The van der Waals surface area contributed by atoms with Crippen molar-refractivity contribution in [1.29, 1.82) is 0 Å². The molecule has 1 aromatic carbocycles. The van der Waals surface area contributed by atoms with Gasteiger partial charge in [0.15, 0.2) is 6.61 Å². The normalized spacial score (nSPS) is 15.4. The second kappa shape index (κ2) is 10.1. The molecule has 1 aromatic rings. The first-order valence-corrected chi connectivity index (χ1v) is 10.6. The second-order valence-corrected chi connectivity index (χ2v) is 8.39. The van der Waals surface area contributed by atoms with Crippen LogP contribution in [0.5, 0.6) is 5.75 Å². The molecule has 1 amide bonds. The molecule has 128 valence electrons. The van der Waals surface area contributed by atoms with Crippen LogP contribution in [0.1, 0.15) is 43.3 Å². The molecule has 1 saturated heterocycles.